The molecule has 1 atom stereocenters. The van der Waals surface area contributed by atoms with Crippen LogP contribution in [0.3, 0.4) is 0 Å². The van der Waals surface area contributed by atoms with Crippen molar-refractivity contribution in [2.75, 3.05) is 17.7 Å². The van der Waals surface area contributed by atoms with Crippen molar-refractivity contribution in [2.45, 2.75) is 30.4 Å². The van der Waals surface area contributed by atoms with E-state index in [-0.39, 0.29) is 34.3 Å². The first-order valence-electron chi connectivity index (χ1n) is 14.7. The van der Waals surface area contributed by atoms with Gasteiger partial charge < -0.3 is 26.3 Å². The number of sulfone groups is 1. The number of nitrogens with two attached hydrogens (primary N) is 2. The number of carbonyl (C=O) groups is 3. The fourth-order valence-corrected chi connectivity index (χ4v) is 6.95. The Morgan fingerprint density at radius 3 is 2.46 bits per heavy atom. The highest BCUT2D eigenvalue weighted by Gasteiger charge is 2.21. The largest absolute Gasteiger partial charge is 0.486 e. The number of aromatic nitrogens is 1. The van der Waals surface area contributed by atoms with E-state index in [0.717, 1.165) is 15.2 Å². The third-order valence-electron chi connectivity index (χ3n) is 7.16. The van der Waals surface area contributed by atoms with Crippen molar-refractivity contribution in [3.05, 3.63) is 112 Å². The molecule has 5 N–H and O–H groups in total. The molecular weight excluding hydrogens is 676 g/mol. The zero-order valence-electron chi connectivity index (χ0n) is 25.4. The predicted octanol–water partition coefficient (Wildman–Crippen LogP) is 4.95. The third-order valence-corrected chi connectivity index (χ3v) is 10.2. The van der Waals surface area contributed by atoms with Gasteiger partial charge in [-0.3, -0.25) is 14.4 Å². The van der Waals surface area contributed by atoms with Gasteiger partial charge in [-0.05, 0) is 85.1 Å². The lowest BCUT2D eigenvalue weighted by atomic mass is 10.1. The Bertz CT molecular complexity index is 2030. The van der Waals surface area contributed by atoms with Gasteiger partial charge in [-0.15, -0.1) is 11.3 Å². The number of carbonyl (C=O) groups excluding carboxylic acids is 3. The van der Waals surface area contributed by atoms with E-state index < -0.39 is 40.1 Å². The number of thiazole rings is 1. The van der Waals surface area contributed by atoms with Crippen LogP contribution in [-0.4, -0.2) is 49.4 Å². The molecule has 11 nitrogen and oxygen atoms in total. The lowest BCUT2D eigenvalue weighted by Crippen LogP contribution is -2.45. The topological polar surface area (TPSA) is 181 Å². The lowest BCUT2D eigenvalue weighted by molar-refractivity contribution is -0.129. The van der Waals surface area contributed by atoms with Gasteiger partial charge in [-0.25, -0.2) is 13.4 Å². The summed E-state index contributed by atoms with van der Waals surface area (Å²) >= 11 is 7.41. The molecule has 0 spiro atoms. The van der Waals surface area contributed by atoms with Gasteiger partial charge in [-0.2, -0.15) is 0 Å². The molecule has 4 aromatic carbocycles. The minimum absolute atomic E-state index is 0.113. The lowest BCUT2D eigenvalue weighted by Gasteiger charge is -2.15. The zero-order chi connectivity index (χ0) is 34.3. The Balaban J connectivity index is 1.29. The summed E-state index contributed by atoms with van der Waals surface area (Å²) < 4.78 is 38.2. The summed E-state index contributed by atoms with van der Waals surface area (Å²) in [5.41, 5.74) is 12.8. The molecule has 0 saturated heterocycles. The van der Waals surface area contributed by atoms with E-state index in [0.29, 0.717) is 29.2 Å². The number of rotatable bonds is 15. The van der Waals surface area contributed by atoms with Crippen LogP contribution in [-0.2, 0) is 32.5 Å². The highest BCUT2D eigenvalue weighted by molar-refractivity contribution is 7.91. The third kappa shape index (κ3) is 8.95. The first-order chi connectivity index (χ1) is 23.0. The van der Waals surface area contributed by atoms with Crippen LogP contribution in [0.1, 0.15) is 27.3 Å². The number of ketones is 1. The van der Waals surface area contributed by atoms with E-state index in [1.807, 2.05) is 24.3 Å². The molecule has 48 heavy (non-hydrogen) atoms. The fraction of sp³-hybridized carbons (Fsp3) is 0.176. The van der Waals surface area contributed by atoms with Crippen molar-refractivity contribution in [3.63, 3.8) is 0 Å². The van der Waals surface area contributed by atoms with E-state index in [1.54, 1.807) is 42.5 Å². The molecule has 1 heterocycles. The molecule has 1 aromatic heterocycles. The average Bonchev–Trinajstić information content (AvgIpc) is 3.50. The van der Waals surface area contributed by atoms with Gasteiger partial charge in [-0.1, -0.05) is 35.9 Å². The quantitative estimate of drug-likeness (QED) is 0.127. The molecule has 14 heteroatoms. The maximum atomic E-state index is 13.4. The molecule has 0 bridgehead atoms. The van der Waals surface area contributed by atoms with E-state index >= 15 is 0 Å². The summed E-state index contributed by atoms with van der Waals surface area (Å²) in [6.45, 7) is -0.347. The number of benzene rings is 4. The van der Waals surface area contributed by atoms with Crippen LogP contribution >= 0.6 is 22.9 Å². The van der Waals surface area contributed by atoms with Crippen LogP contribution in [0.5, 0.6) is 11.5 Å². The first-order valence-corrected chi connectivity index (χ1v) is 17.5. The number of primary amides is 1. The Labute approximate surface area is 285 Å². The number of anilines is 1. The number of para-hydroxylation sites is 1. The van der Waals surface area contributed by atoms with Crippen molar-refractivity contribution in [2.24, 2.45) is 11.5 Å². The standard InChI is InChI=1S/C34H31ClN4O7S2/c35-23-11-13-25(14-12-23)48(43,44)16-4-5-21-10-15-29(46-19-28(40)32(36)33(37)41)27(17-21)39-34(42)22-6-3-7-24(18-22)45-20-31-38-26-8-1-2-9-30(26)47-31/h1-3,6-15,17-18,32H,4-5,16,19-20,36H2,(H2,37,41)(H,39,42). The van der Waals surface area contributed by atoms with Gasteiger partial charge in [0.05, 0.1) is 26.6 Å². The molecule has 0 radical (unpaired) electrons. The number of nitrogens with one attached hydrogen (secondary N) is 1. The second-order valence-corrected chi connectivity index (χ2v) is 14.3. The molecule has 0 aliphatic carbocycles. The molecule has 0 aliphatic heterocycles. The van der Waals surface area contributed by atoms with Gasteiger partial charge in [0.1, 0.15) is 35.8 Å². The molecule has 5 rings (SSSR count). The maximum Gasteiger partial charge on any atom is 0.255 e. The number of hydrogen-bond donors (Lipinski definition) is 3. The van der Waals surface area contributed by atoms with Crippen molar-refractivity contribution in [1.29, 1.82) is 0 Å². The van der Waals surface area contributed by atoms with Crippen molar-refractivity contribution >= 4 is 66.3 Å². The Hall–Kier alpha value is -4.82. The van der Waals surface area contributed by atoms with Crippen LogP contribution in [0, 0.1) is 0 Å². The van der Waals surface area contributed by atoms with Gasteiger partial charge >= 0.3 is 0 Å². The van der Waals surface area contributed by atoms with Crippen LogP contribution in [0.4, 0.5) is 5.69 Å². The van der Waals surface area contributed by atoms with E-state index in [1.165, 1.54) is 35.6 Å². The smallest absolute Gasteiger partial charge is 0.255 e. The molecule has 248 valence electrons. The van der Waals surface area contributed by atoms with E-state index in [4.69, 9.17) is 32.5 Å². The number of halogens is 1. The molecule has 1 unspecified atom stereocenters. The molecule has 2 amide bonds. The minimum Gasteiger partial charge on any atom is -0.486 e. The van der Waals surface area contributed by atoms with Crippen molar-refractivity contribution < 1.29 is 32.3 Å². The van der Waals surface area contributed by atoms with Gasteiger partial charge in [0.15, 0.2) is 15.6 Å². The Morgan fingerprint density at radius 1 is 0.938 bits per heavy atom. The van der Waals surface area contributed by atoms with Crippen LogP contribution in [0.15, 0.2) is 95.9 Å². The summed E-state index contributed by atoms with van der Waals surface area (Å²) in [7, 11) is -3.54. The molecular formula is C34H31ClN4O7S2. The average molecular weight is 707 g/mol. The van der Waals surface area contributed by atoms with Crippen molar-refractivity contribution in [3.8, 4) is 11.5 Å². The van der Waals surface area contributed by atoms with E-state index in [2.05, 4.69) is 10.3 Å². The molecule has 5 aromatic rings. The Morgan fingerprint density at radius 2 is 1.71 bits per heavy atom. The molecule has 0 fully saturated rings. The number of fused-ring (bicyclic) bond motifs is 1. The fourth-order valence-electron chi connectivity index (χ4n) is 4.63. The minimum atomic E-state index is -3.54. The van der Waals surface area contributed by atoms with Crippen molar-refractivity contribution in [1.82, 2.24) is 4.98 Å². The number of ether oxygens (including phenoxy) is 2. The van der Waals surface area contributed by atoms with Gasteiger partial charge in [0.2, 0.25) is 5.91 Å². The second-order valence-electron chi connectivity index (χ2n) is 10.7. The molecule has 0 aliphatic rings. The summed E-state index contributed by atoms with van der Waals surface area (Å²) in [5.74, 6) is -1.75. The summed E-state index contributed by atoms with van der Waals surface area (Å²) in [5, 5.41) is 4.03. The van der Waals surface area contributed by atoms with Crippen LogP contribution in [0.25, 0.3) is 10.2 Å². The second kappa shape index (κ2) is 15.4. The maximum absolute atomic E-state index is 13.4. The number of aryl methyl sites for hydroxylation is 1. The summed E-state index contributed by atoms with van der Waals surface area (Å²) in [6, 6.07) is 23.7. The number of amides is 2. The number of nitrogens with zero attached hydrogens (tertiary/aromatic N) is 1. The Kier molecular flexibility index (Phi) is 11.1. The normalized spacial score (nSPS) is 12.0. The van der Waals surface area contributed by atoms with Crippen LogP contribution < -0.4 is 26.3 Å². The predicted molar refractivity (Wildman–Crippen MR) is 184 cm³/mol. The molecule has 0 saturated carbocycles. The van der Waals surface area contributed by atoms with E-state index in [9.17, 15) is 22.8 Å². The SMILES string of the molecule is NC(=O)C(N)C(=O)COc1ccc(CCCS(=O)(=O)c2ccc(Cl)cc2)cc1NC(=O)c1cccc(OCc2nc3ccccc3s2)c1. The summed E-state index contributed by atoms with van der Waals surface area (Å²) in [4.78, 5) is 41.8. The van der Waals surface area contributed by atoms with Gasteiger partial charge in [0.25, 0.3) is 5.91 Å². The van der Waals surface area contributed by atoms with Crippen LogP contribution in [0.2, 0.25) is 5.02 Å². The monoisotopic (exact) mass is 706 g/mol. The van der Waals surface area contributed by atoms with Gasteiger partial charge in [0, 0.05) is 10.6 Å². The number of hydrogen-bond acceptors (Lipinski definition) is 10. The highest BCUT2D eigenvalue weighted by Crippen LogP contribution is 2.29. The number of Topliss-reactive ketones (excluding diaryl/α,β-unsaturated/α-hetero) is 1. The first kappa shape index (κ1) is 34.5. The summed E-state index contributed by atoms with van der Waals surface area (Å²) in [6.07, 6.45) is 0.648. The highest BCUT2D eigenvalue weighted by atomic mass is 35.5. The zero-order valence-corrected chi connectivity index (χ0v) is 27.8.